The zero-order valence-corrected chi connectivity index (χ0v) is 10.8. The fourth-order valence-electron chi connectivity index (χ4n) is 2.29. The zero-order valence-electron chi connectivity index (χ0n) is 10.8. The predicted octanol–water partition coefficient (Wildman–Crippen LogP) is 4.71. The Morgan fingerprint density at radius 1 is 1.00 bits per heavy atom. The van der Waals surface area contributed by atoms with Crippen LogP contribution in [0.4, 0.5) is 17.6 Å². The third-order valence-electron chi connectivity index (χ3n) is 3.28. The van der Waals surface area contributed by atoms with Gasteiger partial charge in [-0.25, -0.2) is 4.39 Å². The Morgan fingerprint density at radius 3 is 2.30 bits per heavy atom. The molecule has 2 aromatic rings. The van der Waals surface area contributed by atoms with Crippen molar-refractivity contribution in [3.8, 4) is 0 Å². The molecule has 0 aliphatic rings. The van der Waals surface area contributed by atoms with E-state index in [0.29, 0.717) is 16.3 Å². The molecule has 0 aliphatic heterocycles. The van der Waals surface area contributed by atoms with Gasteiger partial charge in [0.25, 0.3) is 0 Å². The standard InChI is InChI=1S/C15H15F4N/c16-13-8-7-12(10-4-1-2-5-11(10)13)14(20)6-3-9-15(17,18)19/h1-2,4-5,7-8,14H,3,6,9,20H2. The van der Waals surface area contributed by atoms with Crippen molar-refractivity contribution in [3.05, 3.63) is 47.8 Å². The van der Waals surface area contributed by atoms with Gasteiger partial charge in [-0.1, -0.05) is 30.3 Å². The molecule has 0 spiro atoms. The summed E-state index contributed by atoms with van der Waals surface area (Å²) in [5.41, 5.74) is 6.64. The minimum Gasteiger partial charge on any atom is -0.324 e. The van der Waals surface area contributed by atoms with Crippen molar-refractivity contribution in [2.24, 2.45) is 5.73 Å². The summed E-state index contributed by atoms with van der Waals surface area (Å²) in [6.07, 6.45) is -4.82. The van der Waals surface area contributed by atoms with Crippen molar-refractivity contribution in [1.82, 2.24) is 0 Å². The summed E-state index contributed by atoms with van der Waals surface area (Å²) in [7, 11) is 0. The maximum Gasteiger partial charge on any atom is 0.389 e. The summed E-state index contributed by atoms with van der Waals surface area (Å²) in [6.45, 7) is 0. The molecule has 1 unspecified atom stereocenters. The Balaban J connectivity index is 2.18. The Bertz CT molecular complexity index is 592. The number of nitrogens with two attached hydrogens (primary N) is 1. The average Bonchev–Trinajstić information content (AvgIpc) is 2.38. The maximum absolute atomic E-state index is 13.6. The van der Waals surface area contributed by atoms with Gasteiger partial charge in [-0.05, 0) is 29.9 Å². The molecule has 0 fully saturated rings. The topological polar surface area (TPSA) is 26.0 Å². The second kappa shape index (κ2) is 5.79. The third kappa shape index (κ3) is 3.48. The molecule has 20 heavy (non-hydrogen) atoms. The fourth-order valence-corrected chi connectivity index (χ4v) is 2.29. The molecule has 0 aliphatic carbocycles. The van der Waals surface area contributed by atoms with Crippen LogP contribution in [-0.4, -0.2) is 6.18 Å². The summed E-state index contributed by atoms with van der Waals surface area (Å²) in [5.74, 6) is -0.355. The number of alkyl halides is 3. The van der Waals surface area contributed by atoms with Crippen molar-refractivity contribution in [1.29, 1.82) is 0 Å². The van der Waals surface area contributed by atoms with Crippen LogP contribution in [0, 0.1) is 5.82 Å². The van der Waals surface area contributed by atoms with Gasteiger partial charge in [0.1, 0.15) is 5.82 Å². The van der Waals surface area contributed by atoms with E-state index in [1.54, 1.807) is 30.3 Å². The van der Waals surface area contributed by atoms with Gasteiger partial charge in [0.05, 0.1) is 0 Å². The van der Waals surface area contributed by atoms with Crippen molar-refractivity contribution in [2.45, 2.75) is 31.5 Å². The second-order valence-corrected chi connectivity index (χ2v) is 4.80. The van der Waals surface area contributed by atoms with Crippen LogP contribution >= 0.6 is 0 Å². The first kappa shape index (κ1) is 14.8. The van der Waals surface area contributed by atoms with Gasteiger partial charge in [0, 0.05) is 17.8 Å². The molecule has 2 aromatic carbocycles. The van der Waals surface area contributed by atoms with Gasteiger partial charge >= 0.3 is 6.18 Å². The van der Waals surface area contributed by atoms with Crippen molar-refractivity contribution in [2.75, 3.05) is 0 Å². The molecule has 0 radical (unpaired) electrons. The third-order valence-corrected chi connectivity index (χ3v) is 3.28. The van der Waals surface area contributed by atoms with E-state index < -0.39 is 18.6 Å². The largest absolute Gasteiger partial charge is 0.389 e. The maximum atomic E-state index is 13.6. The molecule has 0 saturated carbocycles. The van der Waals surface area contributed by atoms with Gasteiger partial charge in [0.15, 0.2) is 0 Å². The highest BCUT2D eigenvalue weighted by molar-refractivity contribution is 5.86. The van der Waals surface area contributed by atoms with E-state index in [-0.39, 0.29) is 18.7 Å². The quantitative estimate of drug-likeness (QED) is 0.809. The highest BCUT2D eigenvalue weighted by atomic mass is 19.4. The summed E-state index contributed by atoms with van der Waals surface area (Å²) >= 11 is 0. The summed E-state index contributed by atoms with van der Waals surface area (Å²) < 4.78 is 50.0. The Labute approximate surface area is 114 Å². The number of hydrogen-bond acceptors (Lipinski definition) is 1. The molecule has 1 atom stereocenters. The lowest BCUT2D eigenvalue weighted by Crippen LogP contribution is -2.13. The second-order valence-electron chi connectivity index (χ2n) is 4.80. The van der Waals surface area contributed by atoms with Crippen LogP contribution < -0.4 is 5.73 Å². The molecule has 5 heteroatoms. The van der Waals surface area contributed by atoms with Gasteiger partial charge in [-0.15, -0.1) is 0 Å². The normalized spacial score (nSPS) is 13.7. The average molecular weight is 285 g/mol. The molecule has 0 aromatic heterocycles. The summed E-state index contributed by atoms with van der Waals surface area (Å²) in [4.78, 5) is 0. The molecule has 0 bridgehead atoms. The molecule has 1 nitrogen and oxygen atoms in total. The molecule has 2 rings (SSSR count). The lowest BCUT2D eigenvalue weighted by Gasteiger charge is -2.15. The smallest absolute Gasteiger partial charge is 0.324 e. The molecular formula is C15H15F4N. The van der Waals surface area contributed by atoms with Crippen LogP contribution in [0.2, 0.25) is 0 Å². The van der Waals surface area contributed by atoms with Crippen LogP contribution in [0.25, 0.3) is 10.8 Å². The van der Waals surface area contributed by atoms with Crippen molar-refractivity contribution >= 4 is 10.8 Å². The van der Waals surface area contributed by atoms with Gasteiger partial charge < -0.3 is 5.73 Å². The zero-order chi connectivity index (χ0) is 14.8. The summed E-state index contributed by atoms with van der Waals surface area (Å²) in [6, 6.07) is 9.17. The SMILES string of the molecule is NC(CCCC(F)(F)F)c1ccc(F)c2ccccc12. The minimum absolute atomic E-state index is 0.0314. The van der Waals surface area contributed by atoms with E-state index in [2.05, 4.69) is 0 Å². The highest BCUT2D eigenvalue weighted by Gasteiger charge is 2.26. The van der Waals surface area contributed by atoms with E-state index in [9.17, 15) is 17.6 Å². The number of fused-ring (bicyclic) bond motifs is 1. The van der Waals surface area contributed by atoms with Crippen LogP contribution in [0.1, 0.15) is 30.9 Å². The molecular weight excluding hydrogens is 270 g/mol. The van der Waals surface area contributed by atoms with E-state index in [1.165, 1.54) is 6.07 Å². The van der Waals surface area contributed by atoms with Gasteiger partial charge in [0.2, 0.25) is 0 Å². The first-order chi connectivity index (χ1) is 9.38. The predicted molar refractivity (Wildman–Crippen MR) is 70.7 cm³/mol. The van der Waals surface area contributed by atoms with Gasteiger partial charge in [-0.2, -0.15) is 13.2 Å². The number of halogens is 4. The molecule has 2 N–H and O–H groups in total. The first-order valence-corrected chi connectivity index (χ1v) is 6.38. The molecule has 0 amide bonds. The van der Waals surface area contributed by atoms with E-state index in [4.69, 9.17) is 5.73 Å². The monoisotopic (exact) mass is 285 g/mol. The molecule has 0 heterocycles. The summed E-state index contributed by atoms with van der Waals surface area (Å²) in [5, 5.41) is 1.10. The first-order valence-electron chi connectivity index (χ1n) is 6.38. The number of hydrogen-bond donors (Lipinski definition) is 1. The van der Waals surface area contributed by atoms with Crippen LogP contribution in [0.15, 0.2) is 36.4 Å². The minimum atomic E-state index is -4.16. The fraction of sp³-hybridized carbons (Fsp3) is 0.333. The Kier molecular flexibility index (Phi) is 4.28. The van der Waals surface area contributed by atoms with E-state index in [1.807, 2.05) is 0 Å². The van der Waals surface area contributed by atoms with E-state index >= 15 is 0 Å². The van der Waals surface area contributed by atoms with Crippen LogP contribution in [-0.2, 0) is 0 Å². The number of rotatable bonds is 4. The van der Waals surface area contributed by atoms with E-state index in [0.717, 1.165) is 0 Å². The van der Waals surface area contributed by atoms with Crippen molar-refractivity contribution < 1.29 is 17.6 Å². The molecule has 0 saturated heterocycles. The van der Waals surface area contributed by atoms with Crippen molar-refractivity contribution in [3.63, 3.8) is 0 Å². The lowest BCUT2D eigenvalue weighted by molar-refractivity contribution is -0.135. The Hall–Kier alpha value is -1.62. The number of benzene rings is 2. The Morgan fingerprint density at radius 2 is 1.65 bits per heavy atom. The van der Waals surface area contributed by atoms with Crippen LogP contribution in [0.3, 0.4) is 0 Å². The lowest BCUT2D eigenvalue weighted by atomic mass is 9.95. The molecule has 108 valence electrons. The van der Waals surface area contributed by atoms with Gasteiger partial charge in [-0.3, -0.25) is 0 Å². The highest BCUT2D eigenvalue weighted by Crippen LogP contribution is 2.29. The van der Waals surface area contributed by atoms with Crippen LogP contribution in [0.5, 0.6) is 0 Å².